The fourth-order valence-corrected chi connectivity index (χ4v) is 2.04. The van der Waals surface area contributed by atoms with Crippen LogP contribution in [-0.4, -0.2) is 5.38 Å². The quantitative estimate of drug-likeness (QED) is 0.444. The molecule has 1 heteroatoms. The van der Waals surface area contributed by atoms with E-state index in [9.17, 15) is 0 Å². The Bertz CT molecular complexity index is 351. The van der Waals surface area contributed by atoms with Crippen LogP contribution in [0, 0.1) is 5.92 Å². The fraction of sp³-hybridized carbons (Fsp3) is 0.529. The number of allylic oxidation sites excluding steroid dienone is 2. The second-order valence-electron chi connectivity index (χ2n) is 5.37. The van der Waals surface area contributed by atoms with Crippen molar-refractivity contribution >= 4 is 11.6 Å². The Morgan fingerprint density at radius 3 is 2.50 bits per heavy atom. The van der Waals surface area contributed by atoms with Crippen molar-refractivity contribution in [3.63, 3.8) is 0 Å². The number of hydrogen-bond acceptors (Lipinski definition) is 0. The molecule has 0 aliphatic rings. The van der Waals surface area contributed by atoms with Crippen molar-refractivity contribution < 1.29 is 0 Å². The molecule has 0 radical (unpaired) electrons. The van der Waals surface area contributed by atoms with Gasteiger partial charge in [0.25, 0.3) is 0 Å². The molecule has 1 unspecified atom stereocenters. The molecule has 1 atom stereocenters. The molecule has 0 saturated heterocycles. The van der Waals surface area contributed by atoms with Gasteiger partial charge in [-0.25, -0.2) is 0 Å². The van der Waals surface area contributed by atoms with Crippen molar-refractivity contribution in [2.24, 2.45) is 5.92 Å². The van der Waals surface area contributed by atoms with Gasteiger partial charge in [-0.1, -0.05) is 55.8 Å². The predicted octanol–water partition coefficient (Wildman–Crippen LogP) is 5.61. The van der Waals surface area contributed by atoms with E-state index in [-0.39, 0.29) is 0 Å². The summed E-state index contributed by atoms with van der Waals surface area (Å²) in [5.74, 6) is 0.573. The van der Waals surface area contributed by atoms with E-state index in [1.807, 2.05) is 0 Å². The van der Waals surface area contributed by atoms with Crippen LogP contribution in [-0.2, 0) is 6.42 Å². The minimum atomic E-state index is 0.308. The monoisotopic (exact) mass is 264 g/mol. The highest BCUT2D eigenvalue weighted by molar-refractivity contribution is 6.20. The second kappa shape index (κ2) is 8.37. The average molecular weight is 265 g/mol. The Morgan fingerprint density at radius 2 is 1.89 bits per heavy atom. The highest BCUT2D eigenvalue weighted by Crippen LogP contribution is 2.18. The lowest BCUT2D eigenvalue weighted by molar-refractivity contribution is 0.564. The highest BCUT2D eigenvalue weighted by atomic mass is 35.5. The molecular weight excluding hydrogens is 240 g/mol. The van der Waals surface area contributed by atoms with Gasteiger partial charge in [0.1, 0.15) is 0 Å². The van der Waals surface area contributed by atoms with Gasteiger partial charge in [0.05, 0.1) is 0 Å². The molecule has 18 heavy (non-hydrogen) atoms. The van der Waals surface area contributed by atoms with Crippen molar-refractivity contribution in [2.45, 2.75) is 51.8 Å². The van der Waals surface area contributed by atoms with Crippen molar-refractivity contribution in [1.82, 2.24) is 0 Å². The van der Waals surface area contributed by atoms with Gasteiger partial charge in [-0.3, -0.25) is 0 Å². The molecule has 1 aromatic rings. The minimum absolute atomic E-state index is 0.308. The first-order valence-corrected chi connectivity index (χ1v) is 7.37. The topological polar surface area (TPSA) is 0 Å². The van der Waals surface area contributed by atoms with E-state index in [0.717, 1.165) is 25.7 Å². The molecule has 0 N–H and O–H groups in total. The Labute approximate surface area is 117 Å². The van der Waals surface area contributed by atoms with E-state index in [0.29, 0.717) is 11.3 Å². The normalized spacial score (nSPS) is 13.9. The van der Waals surface area contributed by atoms with Gasteiger partial charge in [-0.05, 0) is 44.1 Å². The molecule has 1 aromatic carbocycles. The third kappa shape index (κ3) is 6.26. The van der Waals surface area contributed by atoms with Gasteiger partial charge in [0.2, 0.25) is 0 Å². The number of aryl methyl sites for hydroxylation is 1. The van der Waals surface area contributed by atoms with Crippen molar-refractivity contribution in [1.29, 1.82) is 0 Å². The maximum atomic E-state index is 6.26. The molecule has 1 rings (SSSR count). The zero-order chi connectivity index (χ0) is 13.4. The summed E-state index contributed by atoms with van der Waals surface area (Å²) in [7, 11) is 0. The summed E-state index contributed by atoms with van der Waals surface area (Å²) in [6.07, 6.45) is 6.84. The molecule has 0 fully saturated rings. The first-order valence-electron chi connectivity index (χ1n) is 6.93. The highest BCUT2D eigenvalue weighted by Gasteiger charge is 2.08. The van der Waals surface area contributed by atoms with E-state index in [1.165, 1.54) is 11.1 Å². The molecule has 0 aliphatic heterocycles. The lowest BCUT2D eigenvalue weighted by atomic mass is 10.0. The van der Waals surface area contributed by atoms with Crippen LogP contribution < -0.4 is 0 Å². The van der Waals surface area contributed by atoms with Gasteiger partial charge in [0.15, 0.2) is 0 Å². The molecule has 0 bridgehead atoms. The first kappa shape index (κ1) is 15.3. The maximum Gasteiger partial charge on any atom is 0.0362 e. The van der Waals surface area contributed by atoms with Gasteiger partial charge in [-0.2, -0.15) is 0 Å². The zero-order valence-corrected chi connectivity index (χ0v) is 12.6. The Hall–Kier alpha value is -0.750. The van der Waals surface area contributed by atoms with E-state index in [4.69, 9.17) is 11.6 Å². The summed E-state index contributed by atoms with van der Waals surface area (Å²) >= 11 is 6.26. The number of alkyl halides is 1. The summed E-state index contributed by atoms with van der Waals surface area (Å²) in [6.45, 7) is 6.59. The Morgan fingerprint density at radius 1 is 1.22 bits per heavy atom. The molecular formula is C17H25Cl. The third-order valence-corrected chi connectivity index (χ3v) is 4.03. The number of hydrogen-bond donors (Lipinski definition) is 0. The molecule has 0 aromatic heterocycles. The largest absolute Gasteiger partial charge is 0.123 e. The van der Waals surface area contributed by atoms with Crippen LogP contribution in [0.5, 0.6) is 0 Å². The van der Waals surface area contributed by atoms with Crippen molar-refractivity contribution in [3.05, 3.63) is 47.5 Å². The van der Waals surface area contributed by atoms with Crippen molar-refractivity contribution in [2.75, 3.05) is 0 Å². The van der Waals surface area contributed by atoms with E-state index in [1.54, 1.807) is 0 Å². The summed E-state index contributed by atoms with van der Waals surface area (Å²) in [6, 6.07) is 10.7. The van der Waals surface area contributed by atoms with E-state index >= 15 is 0 Å². The molecule has 0 saturated carbocycles. The van der Waals surface area contributed by atoms with Crippen LogP contribution in [0.4, 0.5) is 0 Å². The van der Waals surface area contributed by atoms with E-state index < -0.39 is 0 Å². The minimum Gasteiger partial charge on any atom is -0.123 e. The lowest BCUT2D eigenvalue weighted by Gasteiger charge is -2.12. The lowest BCUT2D eigenvalue weighted by Crippen LogP contribution is -2.07. The smallest absolute Gasteiger partial charge is 0.0362 e. The van der Waals surface area contributed by atoms with Crippen LogP contribution in [0.1, 0.15) is 45.6 Å². The number of halogens is 1. The van der Waals surface area contributed by atoms with E-state index in [2.05, 4.69) is 57.2 Å². The Balaban J connectivity index is 2.26. The Kier molecular flexibility index (Phi) is 7.12. The summed E-state index contributed by atoms with van der Waals surface area (Å²) < 4.78 is 0. The number of rotatable bonds is 7. The molecule has 0 heterocycles. The molecule has 100 valence electrons. The van der Waals surface area contributed by atoms with Crippen LogP contribution in [0.25, 0.3) is 0 Å². The fourth-order valence-electron chi connectivity index (χ4n) is 1.93. The second-order valence-corrected chi connectivity index (χ2v) is 5.93. The summed E-state index contributed by atoms with van der Waals surface area (Å²) in [5, 5.41) is 0.308. The van der Waals surface area contributed by atoms with Crippen LogP contribution >= 0.6 is 11.6 Å². The van der Waals surface area contributed by atoms with Crippen LogP contribution in [0.15, 0.2) is 42.0 Å². The van der Waals surface area contributed by atoms with Crippen LogP contribution in [0.2, 0.25) is 0 Å². The predicted molar refractivity (Wildman–Crippen MR) is 82.2 cm³/mol. The summed E-state index contributed by atoms with van der Waals surface area (Å²) in [5.41, 5.74) is 2.89. The van der Waals surface area contributed by atoms with Gasteiger partial charge in [-0.15, -0.1) is 11.6 Å². The SMILES string of the molecule is C/C(=C\CCc1ccccc1)CCC(Cl)C(C)C. The van der Waals surface area contributed by atoms with Gasteiger partial charge in [0, 0.05) is 5.38 Å². The first-order chi connectivity index (χ1) is 8.59. The maximum absolute atomic E-state index is 6.26. The van der Waals surface area contributed by atoms with Gasteiger partial charge >= 0.3 is 0 Å². The molecule has 0 spiro atoms. The van der Waals surface area contributed by atoms with Gasteiger partial charge < -0.3 is 0 Å². The molecule has 0 amide bonds. The third-order valence-electron chi connectivity index (χ3n) is 3.31. The zero-order valence-electron chi connectivity index (χ0n) is 11.8. The average Bonchev–Trinajstić information content (AvgIpc) is 2.37. The standard InChI is InChI=1S/C17H25Cl/c1-14(2)17(18)13-12-15(3)8-7-11-16-9-5-4-6-10-16/h4-6,8-10,14,17H,7,11-13H2,1-3H3/b15-8+. The van der Waals surface area contributed by atoms with Crippen LogP contribution in [0.3, 0.4) is 0 Å². The molecule has 0 nitrogen and oxygen atoms in total. The van der Waals surface area contributed by atoms with Crippen molar-refractivity contribution in [3.8, 4) is 0 Å². The number of benzene rings is 1. The summed E-state index contributed by atoms with van der Waals surface area (Å²) in [4.78, 5) is 0. The molecule has 0 aliphatic carbocycles.